The first kappa shape index (κ1) is 12.7. The second kappa shape index (κ2) is 5.67. The maximum Gasteiger partial charge on any atom is 0.180 e. The number of halogens is 1. The van der Waals surface area contributed by atoms with Gasteiger partial charge in [-0.1, -0.05) is 24.9 Å². The maximum absolute atomic E-state index is 12.0. The smallest absolute Gasteiger partial charge is 0.180 e. The van der Waals surface area contributed by atoms with E-state index in [-0.39, 0.29) is 5.78 Å². The lowest BCUT2D eigenvalue weighted by molar-refractivity contribution is 0.0943. The summed E-state index contributed by atoms with van der Waals surface area (Å²) in [7, 11) is 0. The summed E-state index contributed by atoms with van der Waals surface area (Å²) in [6.45, 7) is 3.84. The molecule has 1 aromatic rings. The van der Waals surface area contributed by atoms with Crippen molar-refractivity contribution in [2.75, 3.05) is 0 Å². The highest BCUT2D eigenvalue weighted by Crippen LogP contribution is 2.19. The Hall–Kier alpha value is -1.33. The lowest BCUT2D eigenvalue weighted by Crippen LogP contribution is -2.12. The number of carbonyl (C=O) groups is 1. The number of carbonyl (C=O) groups excluding carboxylic acids is 1. The van der Waals surface area contributed by atoms with E-state index in [4.69, 9.17) is 16.9 Å². The maximum atomic E-state index is 12.0. The van der Waals surface area contributed by atoms with Crippen LogP contribution in [0.1, 0.15) is 35.7 Å². The van der Waals surface area contributed by atoms with Gasteiger partial charge in [0.05, 0.1) is 6.07 Å². The number of nitriles is 1. The molecule has 2 nitrogen and oxygen atoms in total. The summed E-state index contributed by atoms with van der Waals surface area (Å²) >= 11 is 5.88. The van der Waals surface area contributed by atoms with Crippen LogP contribution < -0.4 is 0 Å². The van der Waals surface area contributed by atoms with Crippen LogP contribution in [0.15, 0.2) is 18.2 Å². The van der Waals surface area contributed by atoms with E-state index < -0.39 is 5.92 Å². The third-order valence-corrected chi connectivity index (χ3v) is 2.59. The molecule has 1 unspecified atom stereocenters. The lowest BCUT2D eigenvalue weighted by atomic mass is 9.94. The molecular formula is C13H14ClNO. The highest BCUT2D eigenvalue weighted by Gasteiger charge is 2.19. The van der Waals surface area contributed by atoms with E-state index in [1.54, 1.807) is 18.2 Å². The Morgan fingerprint density at radius 3 is 2.69 bits per heavy atom. The van der Waals surface area contributed by atoms with Crippen molar-refractivity contribution in [3.63, 3.8) is 0 Å². The van der Waals surface area contributed by atoms with Crippen molar-refractivity contribution < 1.29 is 4.79 Å². The summed E-state index contributed by atoms with van der Waals surface area (Å²) in [5.74, 6) is -0.683. The molecule has 0 saturated heterocycles. The van der Waals surface area contributed by atoms with Gasteiger partial charge in [-0.3, -0.25) is 4.79 Å². The zero-order valence-electron chi connectivity index (χ0n) is 9.46. The molecule has 0 saturated carbocycles. The second-order valence-electron chi connectivity index (χ2n) is 3.85. The fraction of sp³-hybridized carbons (Fsp3) is 0.385. The van der Waals surface area contributed by atoms with Gasteiger partial charge in [0.1, 0.15) is 5.92 Å². The number of aryl methyl sites for hydroxylation is 1. The zero-order valence-corrected chi connectivity index (χ0v) is 10.2. The normalized spacial score (nSPS) is 11.9. The first-order valence-electron chi connectivity index (χ1n) is 5.29. The molecule has 0 bridgehead atoms. The summed E-state index contributed by atoms with van der Waals surface area (Å²) in [4.78, 5) is 12.0. The first-order valence-corrected chi connectivity index (χ1v) is 5.67. The van der Waals surface area contributed by atoms with E-state index in [1.807, 2.05) is 19.9 Å². The van der Waals surface area contributed by atoms with Gasteiger partial charge >= 0.3 is 0 Å². The molecule has 0 aromatic heterocycles. The Morgan fingerprint density at radius 2 is 2.19 bits per heavy atom. The molecule has 0 fully saturated rings. The molecule has 3 heteroatoms. The summed E-state index contributed by atoms with van der Waals surface area (Å²) < 4.78 is 0. The standard InChI is InChI=1S/C13H14ClNO/c1-3-4-10(8-15)13(16)11-5-9(2)6-12(14)7-11/h5-7,10H,3-4H2,1-2H3. The molecule has 0 spiro atoms. The SMILES string of the molecule is CCCC(C#N)C(=O)c1cc(C)cc(Cl)c1. The van der Waals surface area contributed by atoms with Crippen LogP contribution in [0, 0.1) is 24.2 Å². The van der Waals surface area contributed by atoms with Crippen LogP contribution in [0.2, 0.25) is 5.02 Å². The fourth-order valence-corrected chi connectivity index (χ4v) is 1.91. The number of nitrogens with zero attached hydrogens (tertiary/aromatic N) is 1. The van der Waals surface area contributed by atoms with Gasteiger partial charge in [-0.25, -0.2) is 0 Å². The van der Waals surface area contributed by atoms with Gasteiger partial charge < -0.3 is 0 Å². The van der Waals surface area contributed by atoms with Crippen molar-refractivity contribution in [2.24, 2.45) is 5.92 Å². The fourth-order valence-electron chi connectivity index (χ4n) is 1.62. The highest BCUT2D eigenvalue weighted by molar-refractivity contribution is 6.31. The molecule has 1 aromatic carbocycles. The van der Waals surface area contributed by atoms with Crippen LogP contribution in [0.5, 0.6) is 0 Å². The Morgan fingerprint density at radius 1 is 1.50 bits per heavy atom. The van der Waals surface area contributed by atoms with Gasteiger partial charge in [0, 0.05) is 10.6 Å². The quantitative estimate of drug-likeness (QED) is 0.746. The summed E-state index contributed by atoms with van der Waals surface area (Å²) in [6, 6.07) is 7.23. The van der Waals surface area contributed by atoms with Crippen LogP contribution in [0.4, 0.5) is 0 Å². The topological polar surface area (TPSA) is 40.9 Å². The molecule has 84 valence electrons. The van der Waals surface area contributed by atoms with Crippen LogP contribution in [-0.2, 0) is 0 Å². The van der Waals surface area contributed by atoms with Crippen LogP contribution >= 0.6 is 11.6 Å². The Balaban J connectivity index is 3.00. The minimum Gasteiger partial charge on any atom is -0.293 e. The van der Waals surface area contributed by atoms with Crippen molar-refractivity contribution in [3.8, 4) is 6.07 Å². The van der Waals surface area contributed by atoms with Crippen LogP contribution in [-0.4, -0.2) is 5.78 Å². The van der Waals surface area contributed by atoms with Gasteiger partial charge in [0.25, 0.3) is 0 Å². The number of ketones is 1. The monoisotopic (exact) mass is 235 g/mol. The van der Waals surface area contributed by atoms with Crippen LogP contribution in [0.3, 0.4) is 0 Å². The Bertz CT molecular complexity index is 414. The molecule has 0 N–H and O–H groups in total. The van der Waals surface area contributed by atoms with E-state index in [2.05, 4.69) is 0 Å². The number of benzene rings is 1. The van der Waals surface area contributed by atoms with Gasteiger partial charge in [-0.2, -0.15) is 5.26 Å². The van der Waals surface area contributed by atoms with Gasteiger partial charge in [0.15, 0.2) is 5.78 Å². The molecule has 1 atom stereocenters. The third-order valence-electron chi connectivity index (χ3n) is 2.38. The van der Waals surface area contributed by atoms with Gasteiger partial charge in [-0.15, -0.1) is 0 Å². The molecule has 16 heavy (non-hydrogen) atoms. The van der Waals surface area contributed by atoms with E-state index in [1.165, 1.54) is 0 Å². The van der Waals surface area contributed by atoms with E-state index in [0.717, 1.165) is 12.0 Å². The van der Waals surface area contributed by atoms with Crippen molar-refractivity contribution in [3.05, 3.63) is 34.3 Å². The summed E-state index contributed by atoms with van der Waals surface area (Å²) in [6.07, 6.45) is 1.42. The zero-order chi connectivity index (χ0) is 12.1. The first-order chi connectivity index (χ1) is 7.58. The minimum atomic E-state index is -0.553. The molecular weight excluding hydrogens is 222 g/mol. The van der Waals surface area contributed by atoms with Crippen molar-refractivity contribution in [1.29, 1.82) is 5.26 Å². The summed E-state index contributed by atoms with van der Waals surface area (Å²) in [5, 5.41) is 9.46. The predicted molar refractivity (Wildman–Crippen MR) is 64.5 cm³/mol. The Labute approximate surface area is 101 Å². The van der Waals surface area contributed by atoms with Crippen LogP contribution in [0.25, 0.3) is 0 Å². The lowest BCUT2D eigenvalue weighted by Gasteiger charge is -2.07. The molecule has 1 rings (SSSR count). The van der Waals surface area contributed by atoms with Crippen molar-refractivity contribution >= 4 is 17.4 Å². The average molecular weight is 236 g/mol. The average Bonchev–Trinajstić information content (AvgIpc) is 2.23. The minimum absolute atomic E-state index is 0.130. The van der Waals surface area contributed by atoms with E-state index >= 15 is 0 Å². The molecule has 0 radical (unpaired) electrons. The Kier molecular flexibility index (Phi) is 4.52. The van der Waals surface area contributed by atoms with E-state index in [9.17, 15) is 4.79 Å². The molecule has 0 heterocycles. The third kappa shape index (κ3) is 3.08. The second-order valence-corrected chi connectivity index (χ2v) is 4.29. The highest BCUT2D eigenvalue weighted by atomic mass is 35.5. The van der Waals surface area contributed by atoms with Gasteiger partial charge in [0.2, 0.25) is 0 Å². The predicted octanol–water partition coefficient (Wildman–Crippen LogP) is 3.77. The van der Waals surface area contributed by atoms with Gasteiger partial charge in [-0.05, 0) is 37.1 Å². The number of hydrogen-bond donors (Lipinski definition) is 0. The number of Topliss-reactive ketones (excluding diaryl/α,β-unsaturated/α-hetero) is 1. The number of hydrogen-bond acceptors (Lipinski definition) is 2. The summed E-state index contributed by atoms with van der Waals surface area (Å²) in [5.41, 5.74) is 1.47. The molecule has 0 amide bonds. The number of rotatable bonds is 4. The van der Waals surface area contributed by atoms with Crippen molar-refractivity contribution in [1.82, 2.24) is 0 Å². The molecule has 0 aliphatic rings. The molecule has 0 aliphatic heterocycles. The van der Waals surface area contributed by atoms with Crippen molar-refractivity contribution in [2.45, 2.75) is 26.7 Å². The van der Waals surface area contributed by atoms with E-state index in [0.29, 0.717) is 17.0 Å². The molecule has 0 aliphatic carbocycles. The largest absolute Gasteiger partial charge is 0.293 e.